The molecule has 3 nitrogen and oxygen atoms in total. The molecule has 1 amide bonds. The predicted molar refractivity (Wildman–Crippen MR) is 64.7 cm³/mol. The highest BCUT2D eigenvalue weighted by Crippen LogP contribution is 2.19. The zero-order valence-electron chi connectivity index (χ0n) is 9.60. The molecule has 2 rings (SSSR count). The third-order valence-electron chi connectivity index (χ3n) is 2.89. The molecule has 2 N–H and O–H groups in total. The van der Waals surface area contributed by atoms with Gasteiger partial charge in [0.15, 0.2) is 0 Å². The molecule has 1 atom stereocenters. The van der Waals surface area contributed by atoms with E-state index in [0.29, 0.717) is 6.54 Å². The summed E-state index contributed by atoms with van der Waals surface area (Å²) in [6, 6.07) is 1.58. The summed E-state index contributed by atoms with van der Waals surface area (Å²) in [4.78, 5) is 11.8. The number of halogens is 3. The van der Waals surface area contributed by atoms with E-state index in [1.54, 1.807) is 0 Å². The fourth-order valence-electron chi connectivity index (χ4n) is 1.93. The standard InChI is InChI=1S/C12H13ClF2N2O/c13-9-5-10(14)8(4-11(9)15)12(18)17-7-2-1-3-16-6-7/h4-5,7,16H,1-3,6H2,(H,17,18)/t7-/m0/s1. The zero-order valence-corrected chi connectivity index (χ0v) is 10.4. The number of amides is 1. The summed E-state index contributed by atoms with van der Waals surface area (Å²) in [5, 5.41) is 5.46. The lowest BCUT2D eigenvalue weighted by Crippen LogP contribution is -2.45. The SMILES string of the molecule is O=C(N[C@H]1CCCNC1)c1cc(F)c(Cl)cc1F. The fraction of sp³-hybridized carbons (Fsp3) is 0.417. The predicted octanol–water partition coefficient (Wildman–Crippen LogP) is 2.10. The van der Waals surface area contributed by atoms with Crippen LogP contribution >= 0.6 is 11.6 Å². The summed E-state index contributed by atoms with van der Waals surface area (Å²) in [6.07, 6.45) is 1.78. The Kier molecular flexibility index (Phi) is 4.14. The summed E-state index contributed by atoms with van der Waals surface area (Å²) in [5.74, 6) is -2.23. The van der Waals surface area contributed by atoms with E-state index in [0.717, 1.165) is 31.5 Å². The molecule has 0 aliphatic carbocycles. The molecule has 18 heavy (non-hydrogen) atoms. The van der Waals surface area contributed by atoms with Crippen LogP contribution in [0.1, 0.15) is 23.2 Å². The molecule has 1 fully saturated rings. The second kappa shape index (κ2) is 5.63. The van der Waals surface area contributed by atoms with Crippen LogP contribution in [0, 0.1) is 11.6 Å². The maximum atomic E-state index is 13.5. The number of piperidine rings is 1. The topological polar surface area (TPSA) is 41.1 Å². The van der Waals surface area contributed by atoms with Crippen LogP contribution in [-0.4, -0.2) is 25.0 Å². The van der Waals surface area contributed by atoms with Crippen LogP contribution in [0.5, 0.6) is 0 Å². The Labute approximate surface area is 109 Å². The Morgan fingerprint density at radius 3 is 2.83 bits per heavy atom. The van der Waals surface area contributed by atoms with E-state index in [4.69, 9.17) is 11.6 Å². The number of rotatable bonds is 2. The summed E-state index contributed by atoms with van der Waals surface area (Å²) in [7, 11) is 0. The molecule has 0 spiro atoms. The maximum absolute atomic E-state index is 13.5. The molecule has 1 aromatic carbocycles. The van der Waals surface area contributed by atoms with Crippen LogP contribution in [0.3, 0.4) is 0 Å². The monoisotopic (exact) mass is 274 g/mol. The molecule has 0 radical (unpaired) electrons. The van der Waals surface area contributed by atoms with Gasteiger partial charge in [-0.1, -0.05) is 11.6 Å². The van der Waals surface area contributed by atoms with Gasteiger partial charge in [-0.05, 0) is 31.5 Å². The van der Waals surface area contributed by atoms with E-state index in [1.165, 1.54) is 0 Å². The van der Waals surface area contributed by atoms with Gasteiger partial charge < -0.3 is 10.6 Å². The van der Waals surface area contributed by atoms with Gasteiger partial charge in [-0.15, -0.1) is 0 Å². The first kappa shape index (κ1) is 13.2. The van der Waals surface area contributed by atoms with Crippen molar-refractivity contribution in [3.63, 3.8) is 0 Å². The van der Waals surface area contributed by atoms with Crippen LogP contribution < -0.4 is 10.6 Å². The van der Waals surface area contributed by atoms with Crippen molar-refractivity contribution in [3.8, 4) is 0 Å². The molecule has 0 unspecified atom stereocenters. The minimum atomic E-state index is -0.817. The normalized spacial score (nSPS) is 19.6. The first-order chi connectivity index (χ1) is 8.58. The first-order valence-corrected chi connectivity index (χ1v) is 6.12. The number of carbonyl (C=O) groups excluding carboxylic acids is 1. The Balaban J connectivity index is 2.10. The smallest absolute Gasteiger partial charge is 0.254 e. The van der Waals surface area contributed by atoms with Crippen molar-refractivity contribution >= 4 is 17.5 Å². The van der Waals surface area contributed by atoms with E-state index in [2.05, 4.69) is 10.6 Å². The molecular formula is C12H13ClF2N2O. The molecule has 0 bridgehead atoms. The lowest BCUT2D eigenvalue weighted by molar-refractivity contribution is 0.0926. The lowest BCUT2D eigenvalue weighted by Gasteiger charge is -2.23. The Morgan fingerprint density at radius 2 is 2.17 bits per heavy atom. The second-order valence-electron chi connectivity index (χ2n) is 4.26. The molecule has 1 aromatic rings. The van der Waals surface area contributed by atoms with Crippen molar-refractivity contribution in [1.29, 1.82) is 0 Å². The quantitative estimate of drug-likeness (QED) is 0.811. The molecule has 98 valence electrons. The molecule has 1 aliphatic heterocycles. The number of carbonyl (C=O) groups is 1. The van der Waals surface area contributed by atoms with Crippen molar-refractivity contribution in [1.82, 2.24) is 10.6 Å². The van der Waals surface area contributed by atoms with E-state index in [1.807, 2.05) is 0 Å². The maximum Gasteiger partial charge on any atom is 0.254 e. The van der Waals surface area contributed by atoms with Crippen molar-refractivity contribution in [3.05, 3.63) is 34.4 Å². The summed E-state index contributed by atoms with van der Waals surface area (Å²) in [6.45, 7) is 1.56. The highest BCUT2D eigenvalue weighted by molar-refractivity contribution is 6.30. The third-order valence-corrected chi connectivity index (χ3v) is 3.18. The van der Waals surface area contributed by atoms with Gasteiger partial charge in [0.05, 0.1) is 10.6 Å². The Bertz CT molecular complexity index is 462. The molecule has 1 saturated heterocycles. The minimum absolute atomic E-state index is 0.0515. The zero-order chi connectivity index (χ0) is 13.1. The van der Waals surface area contributed by atoms with Crippen molar-refractivity contribution in [2.75, 3.05) is 13.1 Å². The average molecular weight is 275 g/mol. The van der Waals surface area contributed by atoms with E-state index in [9.17, 15) is 13.6 Å². The van der Waals surface area contributed by atoms with E-state index >= 15 is 0 Å². The van der Waals surface area contributed by atoms with Crippen LogP contribution in [-0.2, 0) is 0 Å². The third kappa shape index (κ3) is 2.97. The second-order valence-corrected chi connectivity index (χ2v) is 4.67. The number of hydrogen-bond donors (Lipinski definition) is 2. The lowest BCUT2D eigenvalue weighted by atomic mass is 10.1. The van der Waals surface area contributed by atoms with Gasteiger partial charge >= 0.3 is 0 Å². The molecule has 1 heterocycles. The number of nitrogens with one attached hydrogen (secondary N) is 2. The van der Waals surface area contributed by atoms with E-state index in [-0.39, 0.29) is 16.6 Å². The first-order valence-electron chi connectivity index (χ1n) is 5.74. The molecule has 0 saturated carbocycles. The molecular weight excluding hydrogens is 262 g/mol. The van der Waals surface area contributed by atoms with Gasteiger partial charge in [0, 0.05) is 12.6 Å². The van der Waals surface area contributed by atoms with Crippen molar-refractivity contribution in [2.24, 2.45) is 0 Å². The van der Waals surface area contributed by atoms with E-state index < -0.39 is 17.5 Å². The van der Waals surface area contributed by atoms with Crippen LogP contribution in [0.2, 0.25) is 5.02 Å². The van der Waals surface area contributed by atoms with Crippen LogP contribution in [0.4, 0.5) is 8.78 Å². The Morgan fingerprint density at radius 1 is 1.39 bits per heavy atom. The van der Waals surface area contributed by atoms with Gasteiger partial charge in [-0.3, -0.25) is 4.79 Å². The summed E-state index contributed by atoms with van der Waals surface area (Å²) < 4.78 is 26.7. The largest absolute Gasteiger partial charge is 0.348 e. The molecule has 0 aromatic heterocycles. The summed E-state index contributed by atoms with van der Waals surface area (Å²) >= 11 is 5.43. The number of benzene rings is 1. The Hall–Kier alpha value is -1.20. The van der Waals surface area contributed by atoms with Gasteiger partial charge in [-0.25, -0.2) is 8.78 Å². The van der Waals surface area contributed by atoms with Gasteiger partial charge in [0.1, 0.15) is 11.6 Å². The van der Waals surface area contributed by atoms with Crippen LogP contribution in [0.25, 0.3) is 0 Å². The van der Waals surface area contributed by atoms with Gasteiger partial charge in [0.25, 0.3) is 5.91 Å². The van der Waals surface area contributed by atoms with Crippen LogP contribution in [0.15, 0.2) is 12.1 Å². The molecule has 6 heteroatoms. The highest BCUT2D eigenvalue weighted by atomic mass is 35.5. The number of hydrogen-bond acceptors (Lipinski definition) is 2. The van der Waals surface area contributed by atoms with Crippen molar-refractivity contribution < 1.29 is 13.6 Å². The van der Waals surface area contributed by atoms with Gasteiger partial charge in [0.2, 0.25) is 0 Å². The fourth-order valence-corrected chi connectivity index (χ4v) is 2.09. The minimum Gasteiger partial charge on any atom is -0.348 e. The van der Waals surface area contributed by atoms with Crippen molar-refractivity contribution in [2.45, 2.75) is 18.9 Å². The molecule has 1 aliphatic rings. The van der Waals surface area contributed by atoms with Gasteiger partial charge in [-0.2, -0.15) is 0 Å². The average Bonchev–Trinajstić information content (AvgIpc) is 2.35. The highest BCUT2D eigenvalue weighted by Gasteiger charge is 2.20. The summed E-state index contributed by atoms with van der Waals surface area (Å²) in [5.41, 5.74) is -0.317.